The van der Waals surface area contributed by atoms with Crippen molar-refractivity contribution in [1.29, 1.82) is 0 Å². The Labute approximate surface area is 175 Å². The van der Waals surface area contributed by atoms with E-state index < -0.39 is 10.0 Å². The predicted molar refractivity (Wildman–Crippen MR) is 109 cm³/mol. The van der Waals surface area contributed by atoms with Crippen LogP contribution in [0.4, 0.5) is 0 Å². The van der Waals surface area contributed by atoms with Crippen molar-refractivity contribution in [3.63, 3.8) is 0 Å². The SMILES string of the molecule is O=C(/C=C/c1ccc(S(=O)(=O)N2CCOCC2)cc1)NCc1ccc2c(c1)OCO2. The van der Waals surface area contributed by atoms with Crippen LogP contribution in [0.25, 0.3) is 6.08 Å². The second-order valence-electron chi connectivity index (χ2n) is 6.82. The molecular formula is C21H22N2O6S. The molecule has 0 bridgehead atoms. The Balaban J connectivity index is 1.33. The summed E-state index contributed by atoms with van der Waals surface area (Å²) in [7, 11) is -3.52. The molecule has 2 aliphatic rings. The maximum atomic E-state index is 12.6. The van der Waals surface area contributed by atoms with E-state index in [4.69, 9.17) is 14.2 Å². The number of ether oxygens (including phenoxy) is 3. The first-order chi connectivity index (χ1) is 14.5. The number of rotatable bonds is 6. The molecule has 1 fully saturated rings. The largest absolute Gasteiger partial charge is 0.454 e. The van der Waals surface area contributed by atoms with Crippen molar-refractivity contribution < 1.29 is 27.4 Å². The molecule has 0 spiro atoms. The van der Waals surface area contributed by atoms with Crippen LogP contribution in [0.1, 0.15) is 11.1 Å². The summed E-state index contributed by atoms with van der Waals surface area (Å²) in [5.41, 5.74) is 1.63. The Morgan fingerprint density at radius 2 is 1.77 bits per heavy atom. The summed E-state index contributed by atoms with van der Waals surface area (Å²) in [6, 6.07) is 12.0. The van der Waals surface area contributed by atoms with Gasteiger partial charge in [-0.3, -0.25) is 4.79 Å². The predicted octanol–water partition coefficient (Wildman–Crippen LogP) is 1.77. The Hall–Kier alpha value is -2.88. The van der Waals surface area contributed by atoms with Crippen LogP contribution >= 0.6 is 0 Å². The van der Waals surface area contributed by atoms with Crippen molar-refractivity contribution in [3.05, 3.63) is 59.7 Å². The van der Waals surface area contributed by atoms with E-state index in [2.05, 4.69) is 5.32 Å². The quantitative estimate of drug-likeness (QED) is 0.702. The van der Waals surface area contributed by atoms with E-state index in [0.717, 1.165) is 11.1 Å². The van der Waals surface area contributed by atoms with Crippen LogP contribution in [0.5, 0.6) is 11.5 Å². The first-order valence-corrected chi connectivity index (χ1v) is 11.0. The van der Waals surface area contributed by atoms with Crippen molar-refractivity contribution in [2.45, 2.75) is 11.4 Å². The molecule has 2 aromatic rings. The highest BCUT2D eigenvalue weighted by Gasteiger charge is 2.25. The Bertz CT molecular complexity index is 1040. The fourth-order valence-electron chi connectivity index (χ4n) is 3.16. The van der Waals surface area contributed by atoms with Gasteiger partial charge in [-0.15, -0.1) is 0 Å². The van der Waals surface area contributed by atoms with Crippen LogP contribution in [0, 0.1) is 0 Å². The van der Waals surface area contributed by atoms with E-state index in [1.807, 2.05) is 18.2 Å². The van der Waals surface area contributed by atoms with E-state index in [0.29, 0.717) is 44.3 Å². The van der Waals surface area contributed by atoms with E-state index in [-0.39, 0.29) is 17.6 Å². The molecule has 1 amide bonds. The molecular weight excluding hydrogens is 408 g/mol. The lowest BCUT2D eigenvalue weighted by atomic mass is 10.2. The number of morpholine rings is 1. The zero-order chi connectivity index (χ0) is 21.0. The average Bonchev–Trinajstić information content (AvgIpc) is 3.25. The zero-order valence-electron chi connectivity index (χ0n) is 16.2. The molecule has 0 radical (unpaired) electrons. The van der Waals surface area contributed by atoms with Gasteiger partial charge in [-0.2, -0.15) is 4.31 Å². The molecule has 1 saturated heterocycles. The summed E-state index contributed by atoms with van der Waals surface area (Å²) in [5, 5.41) is 2.80. The van der Waals surface area contributed by atoms with Crippen LogP contribution in [0.2, 0.25) is 0 Å². The number of nitrogens with zero attached hydrogens (tertiary/aromatic N) is 1. The topological polar surface area (TPSA) is 94.2 Å². The molecule has 4 rings (SSSR count). The monoisotopic (exact) mass is 430 g/mol. The van der Waals surface area contributed by atoms with Gasteiger partial charge in [-0.1, -0.05) is 18.2 Å². The number of hydrogen-bond acceptors (Lipinski definition) is 6. The Morgan fingerprint density at radius 3 is 2.53 bits per heavy atom. The standard InChI is InChI=1S/C21H22N2O6S/c24-21(22-14-17-3-7-19-20(13-17)29-15-28-19)8-4-16-1-5-18(6-2-16)30(25,26)23-9-11-27-12-10-23/h1-8,13H,9-12,14-15H2,(H,22,24)/b8-4+. The molecule has 1 N–H and O–H groups in total. The Kier molecular flexibility index (Phi) is 6.03. The molecule has 158 valence electrons. The van der Waals surface area contributed by atoms with Crippen LogP contribution in [0.3, 0.4) is 0 Å². The van der Waals surface area contributed by atoms with E-state index in [1.165, 1.54) is 10.4 Å². The van der Waals surface area contributed by atoms with Crippen molar-refractivity contribution in [2.24, 2.45) is 0 Å². The molecule has 0 unspecified atom stereocenters. The molecule has 9 heteroatoms. The zero-order valence-corrected chi connectivity index (χ0v) is 17.1. The summed E-state index contributed by atoms with van der Waals surface area (Å²) in [6.07, 6.45) is 3.05. The molecule has 0 aromatic heterocycles. The fourth-order valence-corrected chi connectivity index (χ4v) is 4.57. The number of fused-ring (bicyclic) bond motifs is 1. The van der Waals surface area contributed by atoms with E-state index in [1.54, 1.807) is 30.3 Å². The van der Waals surface area contributed by atoms with Crippen LogP contribution < -0.4 is 14.8 Å². The number of nitrogens with one attached hydrogen (secondary N) is 1. The maximum Gasteiger partial charge on any atom is 0.244 e. The van der Waals surface area contributed by atoms with Crippen LogP contribution in [-0.2, 0) is 26.1 Å². The van der Waals surface area contributed by atoms with E-state index >= 15 is 0 Å². The number of amides is 1. The summed E-state index contributed by atoms with van der Waals surface area (Å²) in [5.74, 6) is 1.12. The smallest absolute Gasteiger partial charge is 0.244 e. The highest BCUT2D eigenvalue weighted by molar-refractivity contribution is 7.89. The minimum Gasteiger partial charge on any atom is -0.454 e. The van der Waals surface area contributed by atoms with Gasteiger partial charge in [0.25, 0.3) is 0 Å². The van der Waals surface area contributed by atoms with Gasteiger partial charge in [0, 0.05) is 25.7 Å². The third-order valence-electron chi connectivity index (χ3n) is 4.82. The highest BCUT2D eigenvalue weighted by Crippen LogP contribution is 2.32. The molecule has 2 aliphatic heterocycles. The first kappa shape index (κ1) is 20.4. The summed E-state index contributed by atoms with van der Waals surface area (Å²) >= 11 is 0. The van der Waals surface area contributed by atoms with Gasteiger partial charge in [0.1, 0.15) is 0 Å². The molecule has 2 heterocycles. The molecule has 0 atom stereocenters. The van der Waals surface area contributed by atoms with Gasteiger partial charge >= 0.3 is 0 Å². The molecule has 0 saturated carbocycles. The summed E-state index contributed by atoms with van der Waals surface area (Å²) < 4.78 is 42.5. The first-order valence-electron chi connectivity index (χ1n) is 9.55. The average molecular weight is 430 g/mol. The van der Waals surface area contributed by atoms with Gasteiger partial charge in [0.05, 0.1) is 18.1 Å². The lowest BCUT2D eigenvalue weighted by Crippen LogP contribution is -2.40. The van der Waals surface area contributed by atoms with Gasteiger partial charge in [0.15, 0.2) is 11.5 Å². The Morgan fingerprint density at radius 1 is 1.03 bits per heavy atom. The van der Waals surface area contributed by atoms with Gasteiger partial charge in [-0.05, 0) is 41.5 Å². The highest BCUT2D eigenvalue weighted by atomic mass is 32.2. The number of benzene rings is 2. The second kappa shape index (κ2) is 8.86. The van der Waals surface area contributed by atoms with Gasteiger partial charge in [0.2, 0.25) is 22.7 Å². The summed E-state index contributed by atoms with van der Waals surface area (Å²) in [4.78, 5) is 12.3. The number of hydrogen-bond donors (Lipinski definition) is 1. The summed E-state index contributed by atoms with van der Waals surface area (Å²) in [6.45, 7) is 2.08. The van der Waals surface area contributed by atoms with Crippen molar-refractivity contribution >= 4 is 22.0 Å². The lowest BCUT2D eigenvalue weighted by Gasteiger charge is -2.26. The molecule has 8 nitrogen and oxygen atoms in total. The maximum absolute atomic E-state index is 12.6. The number of carbonyl (C=O) groups excluding carboxylic acids is 1. The minimum atomic E-state index is -3.52. The van der Waals surface area contributed by atoms with Crippen molar-refractivity contribution in [1.82, 2.24) is 9.62 Å². The normalized spacial score (nSPS) is 16.7. The van der Waals surface area contributed by atoms with Gasteiger partial charge < -0.3 is 19.5 Å². The molecule has 30 heavy (non-hydrogen) atoms. The second-order valence-corrected chi connectivity index (χ2v) is 8.76. The number of sulfonamides is 1. The van der Waals surface area contributed by atoms with E-state index in [9.17, 15) is 13.2 Å². The van der Waals surface area contributed by atoms with Gasteiger partial charge in [-0.25, -0.2) is 8.42 Å². The fraction of sp³-hybridized carbons (Fsp3) is 0.286. The molecule has 2 aromatic carbocycles. The number of carbonyl (C=O) groups is 1. The van der Waals surface area contributed by atoms with Crippen LogP contribution in [-0.4, -0.2) is 51.7 Å². The van der Waals surface area contributed by atoms with Crippen molar-refractivity contribution in [2.75, 3.05) is 33.1 Å². The van der Waals surface area contributed by atoms with Crippen molar-refractivity contribution in [3.8, 4) is 11.5 Å². The molecule has 0 aliphatic carbocycles. The third kappa shape index (κ3) is 4.64. The lowest BCUT2D eigenvalue weighted by molar-refractivity contribution is -0.116. The minimum absolute atomic E-state index is 0.209. The van der Waals surface area contributed by atoms with Crippen LogP contribution in [0.15, 0.2) is 53.4 Å². The third-order valence-corrected chi connectivity index (χ3v) is 6.73.